The second-order valence-electron chi connectivity index (χ2n) is 9.77. The smallest absolute Gasteiger partial charge is 0.261 e. The highest BCUT2D eigenvalue weighted by atomic mass is 35.5. The number of amides is 2. The number of aliphatic hydroxyl groups is 1. The van der Waals surface area contributed by atoms with Crippen LogP contribution in [-0.4, -0.2) is 101 Å². The van der Waals surface area contributed by atoms with Gasteiger partial charge in [0.05, 0.1) is 31.4 Å². The number of benzene rings is 1. The van der Waals surface area contributed by atoms with Crippen molar-refractivity contribution in [2.45, 2.75) is 18.6 Å². The molecule has 202 valence electrons. The molecule has 3 aliphatic heterocycles. The van der Waals surface area contributed by atoms with Crippen molar-refractivity contribution in [3.8, 4) is 22.8 Å². The summed E-state index contributed by atoms with van der Waals surface area (Å²) >= 11 is 6.74. The number of halogens is 2. The average Bonchev–Trinajstić information content (AvgIpc) is 3.06. The first-order valence-corrected chi connectivity index (χ1v) is 12.6. The Kier molecular flexibility index (Phi) is 6.93. The second-order valence-corrected chi connectivity index (χ2v) is 10.1. The van der Waals surface area contributed by atoms with Crippen molar-refractivity contribution in [3.05, 3.63) is 47.3 Å². The quantitative estimate of drug-likeness (QED) is 0.560. The van der Waals surface area contributed by atoms with Crippen LogP contribution in [0.2, 0.25) is 5.02 Å². The maximum atomic E-state index is 15.0. The van der Waals surface area contributed by atoms with Crippen LogP contribution in [0.25, 0.3) is 11.3 Å². The lowest BCUT2D eigenvalue weighted by Gasteiger charge is -2.41. The monoisotopic (exact) mass is 546 g/mol. The molecular weight excluding hydrogens is 519 g/mol. The van der Waals surface area contributed by atoms with E-state index in [1.807, 2.05) is 0 Å². The predicted octanol–water partition coefficient (Wildman–Crippen LogP) is 2.07. The minimum Gasteiger partial charge on any atom is -0.507 e. The summed E-state index contributed by atoms with van der Waals surface area (Å²) in [7, 11) is 0. The Morgan fingerprint density at radius 1 is 1.34 bits per heavy atom. The number of nitrogens with zero attached hydrogens (tertiary/aromatic N) is 4. The fourth-order valence-electron chi connectivity index (χ4n) is 5.12. The summed E-state index contributed by atoms with van der Waals surface area (Å²) in [6.45, 7) is 6.62. The van der Waals surface area contributed by atoms with Gasteiger partial charge in [-0.05, 0) is 25.1 Å². The first-order valence-electron chi connectivity index (χ1n) is 12.2. The molecule has 0 bridgehead atoms. The van der Waals surface area contributed by atoms with Crippen LogP contribution in [0.3, 0.4) is 0 Å². The van der Waals surface area contributed by atoms with E-state index in [1.54, 1.807) is 21.6 Å². The minimum atomic E-state index is -0.930. The zero-order valence-corrected chi connectivity index (χ0v) is 21.6. The fourth-order valence-corrected chi connectivity index (χ4v) is 5.41. The molecule has 5 rings (SSSR count). The van der Waals surface area contributed by atoms with Crippen molar-refractivity contribution in [2.24, 2.45) is 0 Å². The lowest BCUT2D eigenvalue weighted by molar-refractivity contribution is -0.128. The number of rotatable bonds is 4. The minimum absolute atomic E-state index is 0.0208. The van der Waals surface area contributed by atoms with Gasteiger partial charge in [0.15, 0.2) is 5.75 Å². The van der Waals surface area contributed by atoms with Gasteiger partial charge in [-0.15, -0.1) is 0 Å². The number of carbonyl (C=O) groups excluding carboxylic acids is 2. The summed E-state index contributed by atoms with van der Waals surface area (Å²) in [6, 6.07) is 3.38. The second kappa shape index (κ2) is 10.0. The number of morpholine rings is 1. The summed E-state index contributed by atoms with van der Waals surface area (Å²) in [4.78, 5) is 35.9. The molecule has 2 amide bonds. The van der Waals surface area contributed by atoms with Crippen molar-refractivity contribution in [1.29, 1.82) is 0 Å². The molecule has 0 aliphatic carbocycles. The lowest BCUT2D eigenvalue weighted by Crippen LogP contribution is -2.57. The third kappa shape index (κ3) is 4.44. The number of aromatic hydroxyl groups is 1. The van der Waals surface area contributed by atoms with Crippen molar-refractivity contribution in [2.75, 3.05) is 57.4 Å². The molecule has 10 nitrogen and oxygen atoms in total. The number of ether oxygens (including phenoxy) is 2. The van der Waals surface area contributed by atoms with E-state index in [9.17, 15) is 24.2 Å². The number of aliphatic hydroxyl groups excluding tert-OH is 1. The zero-order valence-electron chi connectivity index (χ0n) is 20.8. The molecule has 0 spiro atoms. The zero-order chi connectivity index (χ0) is 27.2. The van der Waals surface area contributed by atoms with Crippen molar-refractivity contribution < 1.29 is 33.7 Å². The van der Waals surface area contributed by atoms with Gasteiger partial charge >= 0.3 is 0 Å². The average molecular weight is 547 g/mol. The molecule has 2 N–H and O–H groups in total. The topological polar surface area (TPSA) is 116 Å². The van der Waals surface area contributed by atoms with E-state index < -0.39 is 17.5 Å². The molecule has 2 aromatic rings. The van der Waals surface area contributed by atoms with Crippen LogP contribution in [0.15, 0.2) is 30.9 Å². The van der Waals surface area contributed by atoms with Gasteiger partial charge < -0.3 is 34.4 Å². The van der Waals surface area contributed by atoms with Gasteiger partial charge in [-0.1, -0.05) is 24.2 Å². The highest BCUT2D eigenvalue weighted by Crippen LogP contribution is 2.46. The van der Waals surface area contributed by atoms with Crippen LogP contribution in [-0.2, 0) is 9.53 Å². The van der Waals surface area contributed by atoms with E-state index >= 15 is 0 Å². The molecule has 2 atom stereocenters. The molecule has 2 saturated heterocycles. The summed E-state index contributed by atoms with van der Waals surface area (Å²) in [5.74, 6) is -1.55. The Bertz CT molecular complexity index is 1290. The first kappa shape index (κ1) is 26.2. The molecule has 38 heavy (non-hydrogen) atoms. The molecule has 0 saturated carbocycles. The van der Waals surface area contributed by atoms with E-state index in [2.05, 4.69) is 11.6 Å². The highest BCUT2D eigenvalue weighted by Gasteiger charge is 2.42. The largest absolute Gasteiger partial charge is 0.507 e. The standard InChI is InChI=1S/C26H28ClFN4O6/c1-3-18(35)30-7-8-32-15(11-30)12-37-23-20(25(32)36)24(31-9-10-38-26(2,13-31)14-33)29-22(21(23)27)19-16(28)5-4-6-17(19)34/h3-6,15,33-34H,1,7-14H2,2H3/t15-,26?/m1/s1. The molecular formula is C26H28ClFN4O6. The van der Waals surface area contributed by atoms with Gasteiger partial charge in [0.2, 0.25) is 5.91 Å². The Morgan fingerprint density at radius 2 is 2.13 bits per heavy atom. The molecule has 12 heteroatoms. The number of phenols is 1. The summed E-state index contributed by atoms with van der Waals surface area (Å²) < 4.78 is 26.8. The number of phenolic OH excluding ortho intramolecular Hbond substituents is 1. The maximum absolute atomic E-state index is 15.0. The normalized spacial score (nSPS) is 23.3. The molecule has 1 aromatic heterocycles. The fraction of sp³-hybridized carbons (Fsp3) is 0.423. The first-order chi connectivity index (χ1) is 18.2. The van der Waals surface area contributed by atoms with Crippen LogP contribution in [0.5, 0.6) is 11.5 Å². The SMILES string of the molecule is C=CC(=O)N1CCN2C(=O)c3c(N4CCOC(C)(CO)C4)nc(-c4c(O)cccc4F)c(Cl)c3OC[C@H]2C1. The number of piperazine rings is 1. The third-order valence-corrected chi connectivity index (χ3v) is 7.49. The van der Waals surface area contributed by atoms with Gasteiger partial charge in [0.25, 0.3) is 5.91 Å². The summed E-state index contributed by atoms with van der Waals surface area (Å²) in [5, 5.41) is 20.3. The number of aromatic nitrogens is 1. The molecule has 0 radical (unpaired) electrons. The van der Waals surface area contributed by atoms with Crippen LogP contribution in [0.1, 0.15) is 17.3 Å². The van der Waals surface area contributed by atoms with Gasteiger partial charge in [0.1, 0.15) is 45.9 Å². The number of anilines is 1. The van der Waals surface area contributed by atoms with E-state index in [4.69, 9.17) is 21.1 Å². The Morgan fingerprint density at radius 3 is 2.84 bits per heavy atom. The lowest BCUT2D eigenvalue weighted by atomic mass is 10.0. The van der Waals surface area contributed by atoms with Gasteiger partial charge in [-0.2, -0.15) is 0 Å². The number of fused-ring (bicyclic) bond motifs is 2. The predicted molar refractivity (Wildman–Crippen MR) is 137 cm³/mol. The van der Waals surface area contributed by atoms with Gasteiger partial charge in [-0.3, -0.25) is 9.59 Å². The Hall–Kier alpha value is -3.41. The van der Waals surface area contributed by atoms with E-state index in [0.29, 0.717) is 13.1 Å². The number of pyridine rings is 1. The maximum Gasteiger partial charge on any atom is 0.261 e. The van der Waals surface area contributed by atoms with E-state index in [1.165, 1.54) is 24.3 Å². The molecule has 1 aromatic carbocycles. The van der Waals surface area contributed by atoms with Crippen LogP contribution >= 0.6 is 11.6 Å². The number of hydrogen-bond acceptors (Lipinski definition) is 8. The van der Waals surface area contributed by atoms with Crippen molar-refractivity contribution in [1.82, 2.24) is 14.8 Å². The van der Waals surface area contributed by atoms with Gasteiger partial charge in [0, 0.05) is 26.2 Å². The van der Waals surface area contributed by atoms with E-state index in [-0.39, 0.29) is 90.4 Å². The third-order valence-electron chi connectivity index (χ3n) is 7.14. The number of hydrogen-bond donors (Lipinski definition) is 2. The summed E-state index contributed by atoms with van der Waals surface area (Å²) in [6.07, 6.45) is 1.23. The Balaban J connectivity index is 1.67. The van der Waals surface area contributed by atoms with Crippen molar-refractivity contribution >= 4 is 29.2 Å². The molecule has 3 aliphatic rings. The van der Waals surface area contributed by atoms with E-state index in [0.717, 1.165) is 0 Å². The highest BCUT2D eigenvalue weighted by molar-refractivity contribution is 6.35. The van der Waals surface area contributed by atoms with Crippen LogP contribution in [0.4, 0.5) is 10.2 Å². The van der Waals surface area contributed by atoms with Crippen LogP contribution < -0.4 is 9.64 Å². The summed E-state index contributed by atoms with van der Waals surface area (Å²) in [5.41, 5.74) is -1.13. The van der Waals surface area contributed by atoms with Gasteiger partial charge in [-0.25, -0.2) is 9.37 Å². The molecule has 1 unspecified atom stereocenters. The van der Waals surface area contributed by atoms with Crippen LogP contribution in [0, 0.1) is 5.82 Å². The number of carbonyl (C=O) groups is 2. The van der Waals surface area contributed by atoms with Crippen molar-refractivity contribution in [3.63, 3.8) is 0 Å². The molecule has 4 heterocycles. The molecule has 2 fully saturated rings. The Labute approximate surface area is 223 Å².